The van der Waals surface area contributed by atoms with Crippen molar-refractivity contribution in [1.82, 2.24) is 10.2 Å². The maximum Gasteiger partial charge on any atom is 0.293 e. The van der Waals surface area contributed by atoms with Gasteiger partial charge in [0.05, 0.1) is 4.91 Å². The third-order valence-corrected chi connectivity index (χ3v) is 5.02. The molecule has 0 atom stereocenters. The van der Waals surface area contributed by atoms with Gasteiger partial charge in [0.25, 0.3) is 11.1 Å². The number of rotatable bonds is 6. The van der Waals surface area contributed by atoms with Crippen LogP contribution in [0.4, 0.5) is 4.79 Å². The van der Waals surface area contributed by atoms with E-state index in [-0.39, 0.29) is 30.1 Å². The summed E-state index contributed by atoms with van der Waals surface area (Å²) in [7, 11) is 0. The molecule has 6 heteroatoms. The van der Waals surface area contributed by atoms with Gasteiger partial charge in [-0.25, -0.2) is 0 Å². The molecule has 1 aliphatic heterocycles. The Morgan fingerprint density at radius 3 is 2.46 bits per heavy atom. The number of hydrogen-bond acceptors (Lipinski definition) is 4. The Bertz CT molecular complexity index is 934. The second-order valence-corrected chi connectivity index (χ2v) is 7.27. The van der Waals surface area contributed by atoms with Crippen LogP contribution in [0.3, 0.4) is 0 Å². The first-order valence-electron chi connectivity index (χ1n) is 8.86. The van der Waals surface area contributed by atoms with Crippen LogP contribution in [0, 0.1) is 6.92 Å². The summed E-state index contributed by atoms with van der Waals surface area (Å²) in [6.07, 6.45) is 4.85. The lowest BCUT2D eigenvalue weighted by Gasteiger charge is -2.12. The molecule has 0 bridgehead atoms. The van der Waals surface area contributed by atoms with Crippen molar-refractivity contribution in [1.29, 1.82) is 0 Å². The first-order valence-corrected chi connectivity index (χ1v) is 9.67. The SMILES string of the molecule is Cc1ccc(/C=C2\SC(=O)N(CCNC(=O)/C=C/c3ccccc3)C2=O)cc1. The summed E-state index contributed by atoms with van der Waals surface area (Å²) < 4.78 is 0. The van der Waals surface area contributed by atoms with Crippen LogP contribution in [0.2, 0.25) is 0 Å². The van der Waals surface area contributed by atoms with E-state index in [1.165, 1.54) is 6.08 Å². The van der Waals surface area contributed by atoms with Gasteiger partial charge in [-0.1, -0.05) is 60.2 Å². The molecule has 1 heterocycles. The van der Waals surface area contributed by atoms with Gasteiger partial charge in [0.15, 0.2) is 0 Å². The molecule has 1 N–H and O–H groups in total. The van der Waals surface area contributed by atoms with Gasteiger partial charge >= 0.3 is 0 Å². The molecule has 1 aliphatic rings. The highest BCUT2D eigenvalue weighted by Crippen LogP contribution is 2.31. The summed E-state index contributed by atoms with van der Waals surface area (Å²) in [5.41, 5.74) is 2.92. The monoisotopic (exact) mass is 392 g/mol. The number of carbonyl (C=O) groups excluding carboxylic acids is 3. The van der Waals surface area contributed by atoms with Crippen LogP contribution in [0.5, 0.6) is 0 Å². The normalized spacial score (nSPS) is 15.6. The molecule has 3 amide bonds. The zero-order valence-corrected chi connectivity index (χ0v) is 16.2. The number of carbonyl (C=O) groups is 3. The number of aryl methyl sites for hydroxylation is 1. The fourth-order valence-electron chi connectivity index (χ4n) is 2.59. The molecule has 2 aromatic carbocycles. The molecule has 0 aliphatic carbocycles. The van der Waals surface area contributed by atoms with Crippen LogP contribution in [-0.2, 0) is 9.59 Å². The molecule has 0 unspecified atom stereocenters. The van der Waals surface area contributed by atoms with Gasteiger partial charge in [-0.05, 0) is 42.0 Å². The van der Waals surface area contributed by atoms with Crippen molar-refractivity contribution in [2.75, 3.05) is 13.1 Å². The Hall–Kier alpha value is -3.12. The van der Waals surface area contributed by atoms with Crippen molar-refractivity contribution < 1.29 is 14.4 Å². The fourth-order valence-corrected chi connectivity index (χ4v) is 3.46. The second kappa shape index (κ2) is 9.19. The van der Waals surface area contributed by atoms with E-state index in [1.807, 2.05) is 61.5 Å². The average Bonchev–Trinajstić information content (AvgIpc) is 2.96. The predicted molar refractivity (Wildman–Crippen MR) is 112 cm³/mol. The second-order valence-electron chi connectivity index (χ2n) is 6.28. The molecule has 28 heavy (non-hydrogen) atoms. The van der Waals surface area contributed by atoms with Crippen molar-refractivity contribution in [2.24, 2.45) is 0 Å². The van der Waals surface area contributed by atoms with E-state index < -0.39 is 0 Å². The quantitative estimate of drug-likeness (QED) is 0.758. The van der Waals surface area contributed by atoms with E-state index in [0.717, 1.165) is 33.4 Å². The van der Waals surface area contributed by atoms with Crippen molar-refractivity contribution in [3.63, 3.8) is 0 Å². The van der Waals surface area contributed by atoms with E-state index in [0.29, 0.717) is 4.91 Å². The van der Waals surface area contributed by atoms with E-state index in [1.54, 1.807) is 12.2 Å². The topological polar surface area (TPSA) is 66.5 Å². The minimum absolute atomic E-state index is 0.140. The molecule has 2 aromatic rings. The molecular weight excluding hydrogens is 372 g/mol. The van der Waals surface area contributed by atoms with Crippen molar-refractivity contribution in [3.05, 3.63) is 82.3 Å². The minimum Gasteiger partial charge on any atom is -0.351 e. The summed E-state index contributed by atoms with van der Waals surface area (Å²) >= 11 is 0.919. The lowest BCUT2D eigenvalue weighted by Crippen LogP contribution is -2.36. The number of amides is 3. The molecule has 0 saturated carbocycles. The molecule has 0 aromatic heterocycles. The summed E-state index contributed by atoms with van der Waals surface area (Å²) in [6.45, 7) is 2.33. The van der Waals surface area contributed by atoms with Gasteiger partial charge in [0.1, 0.15) is 0 Å². The maximum absolute atomic E-state index is 12.5. The Morgan fingerprint density at radius 2 is 1.75 bits per heavy atom. The molecule has 142 valence electrons. The van der Waals surface area contributed by atoms with Crippen LogP contribution in [0.25, 0.3) is 12.2 Å². The van der Waals surface area contributed by atoms with Crippen molar-refractivity contribution in [3.8, 4) is 0 Å². The number of hydrogen-bond donors (Lipinski definition) is 1. The van der Waals surface area contributed by atoms with Gasteiger partial charge in [0, 0.05) is 19.2 Å². The van der Waals surface area contributed by atoms with Gasteiger partial charge in [-0.3, -0.25) is 19.3 Å². The molecule has 0 radical (unpaired) electrons. The summed E-state index contributed by atoms with van der Waals surface area (Å²) in [4.78, 5) is 38.0. The molecule has 1 fully saturated rings. The number of benzene rings is 2. The van der Waals surface area contributed by atoms with Crippen LogP contribution in [0.1, 0.15) is 16.7 Å². The average molecular weight is 392 g/mol. The number of imide groups is 1. The van der Waals surface area contributed by atoms with Crippen molar-refractivity contribution in [2.45, 2.75) is 6.92 Å². The van der Waals surface area contributed by atoms with E-state index >= 15 is 0 Å². The van der Waals surface area contributed by atoms with Crippen molar-refractivity contribution >= 4 is 41.0 Å². The van der Waals surface area contributed by atoms with E-state index in [2.05, 4.69) is 5.32 Å². The fraction of sp³-hybridized carbons (Fsp3) is 0.136. The Balaban J connectivity index is 1.52. The summed E-state index contributed by atoms with van der Waals surface area (Å²) in [6, 6.07) is 17.2. The van der Waals surface area contributed by atoms with Crippen LogP contribution < -0.4 is 5.32 Å². The molecule has 5 nitrogen and oxygen atoms in total. The zero-order valence-electron chi connectivity index (χ0n) is 15.4. The highest BCUT2D eigenvalue weighted by atomic mass is 32.2. The number of thioether (sulfide) groups is 1. The summed E-state index contributed by atoms with van der Waals surface area (Å²) in [5.74, 6) is -0.601. The van der Waals surface area contributed by atoms with Gasteiger partial charge in [-0.2, -0.15) is 0 Å². The lowest BCUT2D eigenvalue weighted by molar-refractivity contribution is -0.123. The minimum atomic E-state index is -0.329. The first kappa shape index (κ1) is 19.6. The third-order valence-electron chi connectivity index (χ3n) is 4.11. The van der Waals surface area contributed by atoms with Crippen LogP contribution in [-0.4, -0.2) is 35.0 Å². The van der Waals surface area contributed by atoms with Gasteiger partial charge in [-0.15, -0.1) is 0 Å². The highest BCUT2D eigenvalue weighted by molar-refractivity contribution is 8.18. The molecule has 1 saturated heterocycles. The molecule has 3 rings (SSSR count). The maximum atomic E-state index is 12.5. The Labute approximate surface area is 168 Å². The van der Waals surface area contributed by atoms with Crippen LogP contribution in [0.15, 0.2) is 65.6 Å². The lowest BCUT2D eigenvalue weighted by atomic mass is 10.1. The standard InChI is InChI=1S/C22H20N2O3S/c1-16-7-9-18(10-8-16)15-19-21(26)24(22(27)28-19)14-13-23-20(25)12-11-17-5-3-2-4-6-17/h2-12,15H,13-14H2,1H3,(H,23,25)/b12-11+,19-15-. The zero-order chi connectivity index (χ0) is 19.9. The van der Waals surface area contributed by atoms with Gasteiger partial charge < -0.3 is 5.32 Å². The number of nitrogens with zero attached hydrogens (tertiary/aromatic N) is 1. The predicted octanol–water partition coefficient (Wildman–Crippen LogP) is 3.86. The van der Waals surface area contributed by atoms with E-state index in [4.69, 9.17) is 0 Å². The van der Waals surface area contributed by atoms with E-state index in [9.17, 15) is 14.4 Å². The summed E-state index contributed by atoms with van der Waals surface area (Å²) in [5, 5.41) is 2.37. The Morgan fingerprint density at radius 1 is 1.04 bits per heavy atom. The van der Waals surface area contributed by atoms with Crippen LogP contribution >= 0.6 is 11.8 Å². The third kappa shape index (κ3) is 5.20. The smallest absolute Gasteiger partial charge is 0.293 e. The molecular formula is C22H20N2O3S. The highest BCUT2D eigenvalue weighted by Gasteiger charge is 2.34. The Kier molecular flexibility index (Phi) is 6.45. The first-order chi connectivity index (χ1) is 13.5. The number of nitrogens with one attached hydrogen (secondary N) is 1. The molecule has 0 spiro atoms. The largest absolute Gasteiger partial charge is 0.351 e. The van der Waals surface area contributed by atoms with Gasteiger partial charge in [0.2, 0.25) is 5.91 Å².